The van der Waals surface area contributed by atoms with Crippen molar-refractivity contribution >= 4 is 5.78 Å². The molecule has 0 N–H and O–H groups in total. The summed E-state index contributed by atoms with van der Waals surface area (Å²) in [6.45, 7) is 9.75. The van der Waals surface area contributed by atoms with Gasteiger partial charge in [0.2, 0.25) is 0 Å². The fourth-order valence-corrected chi connectivity index (χ4v) is 2.81. The van der Waals surface area contributed by atoms with Crippen LogP contribution in [0.25, 0.3) is 0 Å². The number of hydrogen-bond donors (Lipinski definition) is 0. The van der Waals surface area contributed by atoms with E-state index in [1.54, 1.807) is 12.1 Å². The number of likely N-dealkylation sites (tertiary alicyclic amines) is 1. The largest absolute Gasteiger partial charge is 0.303 e. The van der Waals surface area contributed by atoms with Crippen molar-refractivity contribution in [2.75, 3.05) is 19.6 Å². The Bertz CT molecular complexity index is 478. The molecule has 0 saturated carbocycles. The molecule has 1 aliphatic heterocycles. The first-order valence-electron chi connectivity index (χ1n) is 7.37. The van der Waals surface area contributed by atoms with Crippen LogP contribution in [0.15, 0.2) is 24.3 Å². The molecule has 1 unspecified atom stereocenters. The molecule has 1 aliphatic rings. The Balaban J connectivity index is 1.83. The van der Waals surface area contributed by atoms with Crippen LogP contribution in [-0.4, -0.2) is 30.3 Å². The van der Waals surface area contributed by atoms with Crippen molar-refractivity contribution in [1.29, 1.82) is 0 Å². The van der Waals surface area contributed by atoms with Crippen LogP contribution in [0.1, 0.15) is 44.0 Å². The lowest BCUT2D eigenvalue weighted by atomic mass is 9.80. The minimum absolute atomic E-state index is 0.0312. The lowest BCUT2D eigenvalue weighted by Crippen LogP contribution is -2.27. The molecule has 20 heavy (non-hydrogen) atoms. The summed E-state index contributed by atoms with van der Waals surface area (Å²) in [5.74, 6) is 0.389. The van der Waals surface area contributed by atoms with Crippen molar-refractivity contribution in [1.82, 2.24) is 4.90 Å². The number of Topliss-reactive ketones (excluding diaryl/α,β-unsaturated/α-hetero) is 1. The smallest absolute Gasteiger partial charge is 0.164 e. The number of nitrogens with zero attached hydrogens (tertiary/aromatic N) is 1. The van der Waals surface area contributed by atoms with E-state index in [9.17, 15) is 9.18 Å². The highest BCUT2D eigenvalue weighted by Crippen LogP contribution is 2.33. The molecule has 3 heteroatoms. The van der Waals surface area contributed by atoms with E-state index >= 15 is 0 Å². The topological polar surface area (TPSA) is 20.3 Å². The second-order valence-electron chi connectivity index (χ2n) is 6.84. The third-order valence-electron chi connectivity index (χ3n) is 4.30. The minimum Gasteiger partial charge on any atom is -0.303 e. The maximum absolute atomic E-state index is 13.1. The number of halogens is 1. The van der Waals surface area contributed by atoms with Crippen LogP contribution < -0.4 is 0 Å². The monoisotopic (exact) mass is 277 g/mol. The SMILES string of the molecule is CC(C)(C)C1CCN(CCC(=O)c2cccc(F)c2)C1. The molecule has 1 aromatic carbocycles. The Labute approximate surface area is 121 Å². The second-order valence-corrected chi connectivity index (χ2v) is 6.84. The quantitative estimate of drug-likeness (QED) is 0.781. The van der Waals surface area contributed by atoms with E-state index in [1.165, 1.54) is 18.6 Å². The highest BCUT2D eigenvalue weighted by atomic mass is 19.1. The highest BCUT2D eigenvalue weighted by Gasteiger charge is 2.31. The van der Waals surface area contributed by atoms with E-state index in [4.69, 9.17) is 0 Å². The standard InChI is InChI=1S/C17H24FNO/c1-17(2,3)14-7-9-19(12-14)10-8-16(20)13-5-4-6-15(18)11-13/h4-6,11,14H,7-10,12H2,1-3H3. The molecular weight excluding hydrogens is 253 g/mol. The lowest BCUT2D eigenvalue weighted by molar-refractivity contribution is 0.0966. The Morgan fingerprint density at radius 3 is 2.75 bits per heavy atom. The summed E-state index contributed by atoms with van der Waals surface area (Å²) in [5, 5.41) is 0. The zero-order valence-electron chi connectivity index (χ0n) is 12.7. The Hall–Kier alpha value is -1.22. The van der Waals surface area contributed by atoms with Gasteiger partial charge in [0.25, 0.3) is 0 Å². The molecule has 0 bridgehead atoms. The summed E-state index contributed by atoms with van der Waals surface area (Å²) in [4.78, 5) is 14.4. The highest BCUT2D eigenvalue weighted by molar-refractivity contribution is 5.96. The van der Waals surface area contributed by atoms with Crippen molar-refractivity contribution < 1.29 is 9.18 Å². The summed E-state index contributed by atoms with van der Waals surface area (Å²) in [7, 11) is 0. The Morgan fingerprint density at radius 2 is 2.15 bits per heavy atom. The molecule has 1 atom stereocenters. The van der Waals surface area contributed by atoms with Crippen LogP contribution in [0.4, 0.5) is 4.39 Å². The predicted octanol–water partition coefficient (Wildman–Crippen LogP) is 3.77. The molecule has 110 valence electrons. The van der Waals surface area contributed by atoms with E-state index in [1.807, 2.05) is 0 Å². The van der Waals surface area contributed by atoms with Gasteiger partial charge in [-0.3, -0.25) is 4.79 Å². The fourth-order valence-electron chi connectivity index (χ4n) is 2.81. The summed E-state index contributed by atoms with van der Waals surface area (Å²) < 4.78 is 13.1. The third kappa shape index (κ3) is 3.89. The molecule has 0 radical (unpaired) electrons. The number of rotatable bonds is 4. The molecule has 1 heterocycles. The summed E-state index contributed by atoms with van der Waals surface area (Å²) >= 11 is 0. The number of hydrogen-bond acceptors (Lipinski definition) is 2. The molecule has 0 aliphatic carbocycles. The zero-order valence-corrected chi connectivity index (χ0v) is 12.7. The van der Waals surface area contributed by atoms with Gasteiger partial charge in [-0.05, 0) is 36.4 Å². The molecule has 0 amide bonds. The van der Waals surface area contributed by atoms with Gasteiger partial charge in [0.15, 0.2) is 5.78 Å². The molecule has 0 spiro atoms. The van der Waals surface area contributed by atoms with Crippen molar-refractivity contribution in [2.45, 2.75) is 33.6 Å². The van der Waals surface area contributed by atoms with Gasteiger partial charge in [0.1, 0.15) is 5.82 Å². The maximum Gasteiger partial charge on any atom is 0.164 e. The number of ketones is 1. The van der Waals surface area contributed by atoms with Crippen LogP contribution >= 0.6 is 0 Å². The average molecular weight is 277 g/mol. The van der Waals surface area contributed by atoms with Crippen molar-refractivity contribution in [2.24, 2.45) is 11.3 Å². The molecule has 2 rings (SSSR count). The summed E-state index contributed by atoms with van der Waals surface area (Å²) in [5.41, 5.74) is 0.818. The van der Waals surface area contributed by atoms with Gasteiger partial charge in [-0.15, -0.1) is 0 Å². The summed E-state index contributed by atoms with van der Waals surface area (Å²) in [6, 6.07) is 5.97. The number of carbonyl (C=O) groups excluding carboxylic acids is 1. The van der Waals surface area contributed by atoms with Gasteiger partial charge in [0.05, 0.1) is 0 Å². The first-order chi connectivity index (χ1) is 9.36. The minimum atomic E-state index is -0.343. The van der Waals surface area contributed by atoms with Crippen molar-refractivity contribution in [3.8, 4) is 0 Å². The van der Waals surface area contributed by atoms with Crippen LogP contribution in [0.5, 0.6) is 0 Å². The summed E-state index contributed by atoms with van der Waals surface area (Å²) in [6.07, 6.45) is 1.68. The second kappa shape index (κ2) is 6.04. The first-order valence-corrected chi connectivity index (χ1v) is 7.37. The van der Waals surface area contributed by atoms with Crippen molar-refractivity contribution in [3.05, 3.63) is 35.6 Å². The van der Waals surface area contributed by atoms with Gasteiger partial charge < -0.3 is 4.90 Å². The average Bonchev–Trinajstić information content (AvgIpc) is 2.84. The molecule has 1 saturated heterocycles. The van der Waals surface area contributed by atoms with Gasteiger partial charge in [-0.25, -0.2) is 4.39 Å². The van der Waals surface area contributed by atoms with Crippen LogP contribution in [0.3, 0.4) is 0 Å². The Morgan fingerprint density at radius 1 is 1.40 bits per heavy atom. The van der Waals surface area contributed by atoms with Gasteiger partial charge in [-0.2, -0.15) is 0 Å². The van der Waals surface area contributed by atoms with E-state index in [0.29, 0.717) is 23.3 Å². The van der Waals surface area contributed by atoms with E-state index < -0.39 is 0 Å². The maximum atomic E-state index is 13.1. The Kier molecular flexibility index (Phi) is 4.59. The first kappa shape index (κ1) is 15.2. The van der Waals surface area contributed by atoms with E-state index in [0.717, 1.165) is 19.6 Å². The molecule has 2 nitrogen and oxygen atoms in total. The number of carbonyl (C=O) groups is 1. The fraction of sp³-hybridized carbons (Fsp3) is 0.588. The number of benzene rings is 1. The van der Waals surface area contributed by atoms with Crippen molar-refractivity contribution in [3.63, 3.8) is 0 Å². The van der Waals surface area contributed by atoms with E-state index in [-0.39, 0.29) is 11.6 Å². The van der Waals surface area contributed by atoms with Gasteiger partial charge >= 0.3 is 0 Å². The van der Waals surface area contributed by atoms with Crippen LogP contribution in [0, 0.1) is 17.2 Å². The molecule has 1 aromatic rings. The van der Waals surface area contributed by atoms with Gasteiger partial charge in [0, 0.05) is 25.1 Å². The zero-order chi connectivity index (χ0) is 14.8. The predicted molar refractivity (Wildman–Crippen MR) is 79.3 cm³/mol. The lowest BCUT2D eigenvalue weighted by Gasteiger charge is -2.27. The van der Waals surface area contributed by atoms with Gasteiger partial charge in [-0.1, -0.05) is 32.9 Å². The third-order valence-corrected chi connectivity index (χ3v) is 4.30. The molecule has 1 fully saturated rings. The van der Waals surface area contributed by atoms with Crippen LogP contribution in [0.2, 0.25) is 0 Å². The van der Waals surface area contributed by atoms with Crippen LogP contribution in [-0.2, 0) is 0 Å². The normalized spacial score (nSPS) is 20.3. The van der Waals surface area contributed by atoms with E-state index in [2.05, 4.69) is 25.7 Å². The molecule has 0 aromatic heterocycles. The molecular formula is C17H24FNO.